The van der Waals surface area contributed by atoms with Crippen LogP contribution in [0.1, 0.15) is 12.8 Å². The second kappa shape index (κ2) is 6.09. The molecular weight excluding hydrogens is 326 g/mol. The highest BCUT2D eigenvalue weighted by atomic mass is 16.5. The van der Waals surface area contributed by atoms with Crippen LogP contribution in [0.15, 0.2) is 54.6 Å². The molecule has 0 unspecified atom stereocenters. The highest BCUT2D eigenvalue weighted by molar-refractivity contribution is 5.93. The van der Waals surface area contributed by atoms with E-state index in [1.807, 2.05) is 47.4 Å². The number of nitrogens with zero attached hydrogens (tertiary/aromatic N) is 3. The normalized spacial score (nSPS) is 22.3. The lowest BCUT2D eigenvalue weighted by molar-refractivity contribution is -0.150. The average Bonchev–Trinajstić information content (AvgIpc) is 3.13. The van der Waals surface area contributed by atoms with Crippen LogP contribution in [-0.2, 0) is 9.53 Å². The molecule has 0 bridgehead atoms. The van der Waals surface area contributed by atoms with E-state index in [2.05, 4.69) is 12.1 Å². The van der Waals surface area contributed by atoms with E-state index in [1.165, 1.54) is 0 Å². The van der Waals surface area contributed by atoms with E-state index >= 15 is 0 Å². The summed E-state index contributed by atoms with van der Waals surface area (Å²) < 4.78 is 5.31. The Kier molecular flexibility index (Phi) is 3.59. The van der Waals surface area contributed by atoms with Crippen LogP contribution >= 0.6 is 0 Å². The molecule has 5 rings (SSSR count). The molecule has 1 aromatic heterocycles. The zero-order valence-electron chi connectivity index (χ0n) is 14.3. The largest absolute Gasteiger partial charge is 0.464 e. The summed E-state index contributed by atoms with van der Waals surface area (Å²) in [4.78, 5) is 24.1. The van der Waals surface area contributed by atoms with E-state index in [0.717, 1.165) is 41.5 Å². The first-order chi connectivity index (χ1) is 12.8. The summed E-state index contributed by atoms with van der Waals surface area (Å²) in [5, 5.41) is 1.02. The lowest BCUT2D eigenvalue weighted by Gasteiger charge is -2.30. The molecule has 3 heterocycles. The Balaban J connectivity index is 1.66. The van der Waals surface area contributed by atoms with Gasteiger partial charge in [-0.05, 0) is 24.8 Å². The summed E-state index contributed by atoms with van der Waals surface area (Å²) >= 11 is 0. The zero-order chi connectivity index (χ0) is 17.5. The molecule has 2 aliphatic heterocycles. The molecule has 0 N–H and O–H groups in total. The van der Waals surface area contributed by atoms with Crippen molar-refractivity contribution < 1.29 is 9.53 Å². The van der Waals surface area contributed by atoms with Crippen molar-refractivity contribution in [2.75, 3.05) is 18.1 Å². The molecule has 0 spiro atoms. The number of carbonyl (C=O) groups is 1. The standard InChI is InChI=1S/C21H19N3O2/c25-20-19-15(11-13-26-20)10-12-24(19)21-22-17-9-5-4-8-16(17)18(23-21)14-6-2-1-3-7-14/h1-9,15,19H,10-13H2/t15-,19+/m1/s1. The minimum Gasteiger partial charge on any atom is -0.464 e. The molecule has 0 aliphatic carbocycles. The molecule has 0 saturated carbocycles. The van der Waals surface area contributed by atoms with Crippen molar-refractivity contribution in [2.45, 2.75) is 18.9 Å². The lowest BCUT2D eigenvalue weighted by atomic mass is 9.95. The number of anilines is 1. The van der Waals surface area contributed by atoms with Crippen LogP contribution in [0, 0.1) is 5.92 Å². The first kappa shape index (κ1) is 15.3. The number of cyclic esters (lactones) is 1. The monoisotopic (exact) mass is 345 g/mol. The van der Waals surface area contributed by atoms with Crippen LogP contribution < -0.4 is 4.90 Å². The van der Waals surface area contributed by atoms with Crippen molar-refractivity contribution in [3.05, 3.63) is 54.6 Å². The Bertz CT molecular complexity index is 973. The smallest absolute Gasteiger partial charge is 0.329 e. The van der Waals surface area contributed by atoms with Gasteiger partial charge in [-0.3, -0.25) is 0 Å². The van der Waals surface area contributed by atoms with Crippen LogP contribution in [0.2, 0.25) is 0 Å². The topological polar surface area (TPSA) is 55.3 Å². The number of aromatic nitrogens is 2. The van der Waals surface area contributed by atoms with Crippen LogP contribution in [0.4, 0.5) is 5.95 Å². The van der Waals surface area contributed by atoms with Gasteiger partial charge in [0.1, 0.15) is 6.04 Å². The van der Waals surface area contributed by atoms with E-state index in [1.54, 1.807) is 0 Å². The number of hydrogen-bond acceptors (Lipinski definition) is 5. The van der Waals surface area contributed by atoms with Crippen molar-refractivity contribution in [1.82, 2.24) is 9.97 Å². The van der Waals surface area contributed by atoms with E-state index in [4.69, 9.17) is 14.7 Å². The first-order valence-electron chi connectivity index (χ1n) is 9.07. The number of esters is 1. The van der Waals surface area contributed by atoms with Gasteiger partial charge in [-0.15, -0.1) is 0 Å². The highest BCUT2D eigenvalue weighted by Gasteiger charge is 2.44. The summed E-state index contributed by atoms with van der Waals surface area (Å²) in [5.74, 6) is 0.817. The summed E-state index contributed by atoms with van der Waals surface area (Å²) in [7, 11) is 0. The first-order valence-corrected chi connectivity index (χ1v) is 9.07. The Hall–Kier alpha value is -2.95. The maximum atomic E-state index is 12.4. The predicted octanol–water partition coefficient (Wildman–Crippen LogP) is 3.44. The third-order valence-electron chi connectivity index (χ3n) is 5.39. The number of fused-ring (bicyclic) bond motifs is 2. The molecule has 26 heavy (non-hydrogen) atoms. The van der Waals surface area contributed by atoms with Crippen molar-refractivity contribution in [3.63, 3.8) is 0 Å². The Labute approximate surface area is 151 Å². The Morgan fingerprint density at radius 2 is 1.77 bits per heavy atom. The quantitative estimate of drug-likeness (QED) is 0.666. The van der Waals surface area contributed by atoms with Gasteiger partial charge in [0.25, 0.3) is 0 Å². The maximum absolute atomic E-state index is 12.4. The van der Waals surface area contributed by atoms with Gasteiger partial charge in [-0.1, -0.05) is 48.5 Å². The molecule has 2 fully saturated rings. The van der Waals surface area contributed by atoms with Gasteiger partial charge in [0.05, 0.1) is 17.8 Å². The fourth-order valence-electron chi connectivity index (χ4n) is 4.11. The number of benzene rings is 2. The van der Waals surface area contributed by atoms with Gasteiger partial charge < -0.3 is 9.64 Å². The van der Waals surface area contributed by atoms with Gasteiger partial charge in [-0.2, -0.15) is 0 Å². The van der Waals surface area contributed by atoms with Gasteiger partial charge in [0, 0.05) is 17.5 Å². The van der Waals surface area contributed by atoms with Crippen molar-refractivity contribution >= 4 is 22.8 Å². The molecule has 3 aromatic rings. The van der Waals surface area contributed by atoms with Crippen molar-refractivity contribution in [2.24, 2.45) is 5.92 Å². The van der Waals surface area contributed by atoms with Gasteiger partial charge in [-0.25, -0.2) is 14.8 Å². The van der Waals surface area contributed by atoms with Crippen molar-refractivity contribution in [1.29, 1.82) is 0 Å². The Morgan fingerprint density at radius 1 is 0.962 bits per heavy atom. The second-order valence-electron chi connectivity index (χ2n) is 6.90. The molecule has 5 heteroatoms. The molecule has 2 saturated heterocycles. The SMILES string of the molecule is O=C1OCC[C@H]2CCN(c3nc(-c4ccccc4)c4ccccc4n3)[C@H]12. The van der Waals surface area contributed by atoms with Gasteiger partial charge >= 0.3 is 5.97 Å². The lowest BCUT2D eigenvalue weighted by Crippen LogP contribution is -2.45. The van der Waals surface area contributed by atoms with E-state index in [9.17, 15) is 4.79 Å². The number of carbonyl (C=O) groups excluding carboxylic acids is 1. The predicted molar refractivity (Wildman–Crippen MR) is 99.8 cm³/mol. The molecule has 5 nitrogen and oxygen atoms in total. The van der Waals surface area contributed by atoms with E-state index in [0.29, 0.717) is 18.5 Å². The fourth-order valence-corrected chi connectivity index (χ4v) is 4.11. The minimum absolute atomic E-state index is 0.142. The summed E-state index contributed by atoms with van der Waals surface area (Å²) in [6.07, 6.45) is 1.91. The third-order valence-corrected chi connectivity index (χ3v) is 5.39. The molecular formula is C21H19N3O2. The Morgan fingerprint density at radius 3 is 2.65 bits per heavy atom. The molecule has 2 aliphatic rings. The number of hydrogen-bond donors (Lipinski definition) is 0. The molecule has 2 atom stereocenters. The average molecular weight is 345 g/mol. The summed E-state index contributed by atoms with van der Waals surface area (Å²) in [6, 6.07) is 17.9. The number of ether oxygens (including phenoxy) is 1. The third kappa shape index (κ3) is 2.43. The van der Waals surface area contributed by atoms with Gasteiger partial charge in [0.15, 0.2) is 0 Å². The fraction of sp³-hybridized carbons (Fsp3) is 0.286. The molecule has 130 valence electrons. The van der Waals surface area contributed by atoms with Crippen LogP contribution in [0.25, 0.3) is 22.2 Å². The van der Waals surface area contributed by atoms with Crippen LogP contribution in [0.3, 0.4) is 0 Å². The summed E-state index contributed by atoms with van der Waals surface area (Å²) in [6.45, 7) is 1.32. The summed E-state index contributed by atoms with van der Waals surface area (Å²) in [5.41, 5.74) is 2.84. The van der Waals surface area contributed by atoms with Crippen LogP contribution in [-0.4, -0.2) is 35.1 Å². The molecule has 0 radical (unpaired) electrons. The molecule has 0 amide bonds. The number of para-hydroxylation sites is 1. The maximum Gasteiger partial charge on any atom is 0.329 e. The zero-order valence-corrected chi connectivity index (χ0v) is 14.3. The second-order valence-corrected chi connectivity index (χ2v) is 6.90. The highest BCUT2D eigenvalue weighted by Crippen LogP contribution is 2.35. The minimum atomic E-state index is -0.256. The van der Waals surface area contributed by atoms with E-state index in [-0.39, 0.29) is 12.0 Å². The number of rotatable bonds is 2. The van der Waals surface area contributed by atoms with Crippen LogP contribution in [0.5, 0.6) is 0 Å². The van der Waals surface area contributed by atoms with E-state index < -0.39 is 0 Å². The van der Waals surface area contributed by atoms with Gasteiger partial charge in [0.2, 0.25) is 5.95 Å². The van der Waals surface area contributed by atoms with Crippen molar-refractivity contribution in [3.8, 4) is 11.3 Å². The molecule has 2 aromatic carbocycles.